The Labute approximate surface area is 142 Å². The second-order valence-corrected chi connectivity index (χ2v) is 6.62. The molecule has 122 valence electrons. The highest BCUT2D eigenvalue weighted by atomic mass is 32.1. The van der Waals surface area contributed by atoms with Crippen molar-refractivity contribution in [3.05, 3.63) is 64.4 Å². The van der Waals surface area contributed by atoms with Crippen molar-refractivity contribution in [2.24, 2.45) is 0 Å². The Morgan fingerprint density at radius 3 is 2.67 bits per heavy atom. The number of nitrogens with zero attached hydrogens (tertiary/aromatic N) is 3. The Morgan fingerprint density at radius 2 is 2.00 bits per heavy atom. The topological polar surface area (TPSA) is 76.9 Å². The van der Waals surface area contributed by atoms with Crippen LogP contribution in [-0.4, -0.2) is 20.7 Å². The first kappa shape index (κ1) is 16.1. The monoisotopic (exact) mass is 340 g/mol. The molecule has 0 spiro atoms. The van der Waals surface area contributed by atoms with Crippen LogP contribution in [0.5, 0.6) is 0 Å². The SMILES string of the molecule is CC(C)(C(=O)Nc1ccccn1)n1nc(-c2cccs2)ccc1=O. The average molecular weight is 340 g/mol. The largest absolute Gasteiger partial charge is 0.309 e. The van der Waals surface area contributed by atoms with Crippen LogP contribution in [0, 0.1) is 0 Å². The Bertz CT molecular complexity index is 902. The molecule has 0 radical (unpaired) electrons. The van der Waals surface area contributed by atoms with Gasteiger partial charge in [-0.15, -0.1) is 11.3 Å². The van der Waals surface area contributed by atoms with Gasteiger partial charge in [-0.2, -0.15) is 5.10 Å². The number of nitrogens with one attached hydrogen (secondary N) is 1. The van der Waals surface area contributed by atoms with Crippen LogP contribution >= 0.6 is 11.3 Å². The van der Waals surface area contributed by atoms with Crippen LogP contribution in [0.25, 0.3) is 10.6 Å². The van der Waals surface area contributed by atoms with Crippen LogP contribution in [0.3, 0.4) is 0 Å². The fourth-order valence-corrected chi connectivity index (χ4v) is 2.86. The number of aromatic nitrogens is 3. The minimum absolute atomic E-state index is 0.337. The van der Waals surface area contributed by atoms with Gasteiger partial charge in [0.2, 0.25) is 0 Å². The highest BCUT2D eigenvalue weighted by Gasteiger charge is 2.32. The van der Waals surface area contributed by atoms with Crippen LogP contribution in [0.2, 0.25) is 0 Å². The number of carbonyl (C=O) groups excluding carboxylic acids is 1. The predicted octanol–water partition coefficient (Wildman–Crippen LogP) is 2.74. The summed E-state index contributed by atoms with van der Waals surface area (Å²) in [7, 11) is 0. The van der Waals surface area contributed by atoms with Crippen molar-refractivity contribution in [2.75, 3.05) is 5.32 Å². The number of rotatable bonds is 4. The zero-order chi connectivity index (χ0) is 17.2. The van der Waals surface area contributed by atoms with Gasteiger partial charge in [0.25, 0.3) is 11.5 Å². The molecule has 0 aliphatic heterocycles. The Balaban J connectivity index is 1.95. The van der Waals surface area contributed by atoms with E-state index in [9.17, 15) is 9.59 Å². The fraction of sp³-hybridized carbons (Fsp3) is 0.176. The lowest BCUT2D eigenvalue weighted by atomic mass is 10.0. The third-order valence-corrected chi connectivity index (χ3v) is 4.46. The van der Waals surface area contributed by atoms with Gasteiger partial charge in [-0.05, 0) is 43.5 Å². The maximum atomic E-state index is 12.6. The lowest BCUT2D eigenvalue weighted by molar-refractivity contribution is -0.123. The van der Waals surface area contributed by atoms with E-state index in [1.807, 2.05) is 17.5 Å². The number of thiophene rings is 1. The first-order valence-electron chi connectivity index (χ1n) is 7.36. The second kappa shape index (κ2) is 6.37. The molecule has 0 aromatic carbocycles. The van der Waals surface area contributed by atoms with Crippen molar-refractivity contribution in [1.29, 1.82) is 0 Å². The van der Waals surface area contributed by atoms with Crippen LogP contribution in [0.15, 0.2) is 58.8 Å². The van der Waals surface area contributed by atoms with E-state index < -0.39 is 5.54 Å². The van der Waals surface area contributed by atoms with Gasteiger partial charge in [0, 0.05) is 12.3 Å². The molecule has 3 heterocycles. The second-order valence-electron chi connectivity index (χ2n) is 5.67. The summed E-state index contributed by atoms with van der Waals surface area (Å²) in [4.78, 5) is 29.9. The lowest BCUT2D eigenvalue weighted by Crippen LogP contribution is -2.47. The van der Waals surface area contributed by atoms with Gasteiger partial charge in [-0.1, -0.05) is 12.1 Å². The van der Waals surface area contributed by atoms with E-state index >= 15 is 0 Å². The Hall–Kier alpha value is -2.80. The lowest BCUT2D eigenvalue weighted by Gasteiger charge is -2.25. The molecule has 0 aliphatic rings. The third-order valence-electron chi connectivity index (χ3n) is 3.57. The minimum atomic E-state index is -1.16. The zero-order valence-electron chi connectivity index (χ0n) is 13.3. The summed E-state index contributed by atoms with van der Waals surface area (Å²) in [6.07, 6.45) is 1.59. The zero-order valence-corrected chi connectivity index (χ0v) is 14.1. The molecule has 1 amide bonds. The molecule has 3 rings (SSSR count). The highest BCUT2D eigenvalue weighted by molar-refractivity contribution is 7.13. The van der Waals surface area contributed by atoms with Crippen LogP contribution in [0.1, 0.15) is 13.8 Å². The predicted molar refractivity (Wildman–Crippen MR) is 94.0 cm³/mol. The van der Waals surface area contributed by atoms with Crippen molar-refractivity contribution in [2.45, 2.75) is 19.4 Å². The van der Waals surface area contributed by atoms with Gasteiger partial charge < -0.3 is 5.32 Å². The van der Waals surface area contributed by atoms with Gasteiger partial charge in [0.1, 0.15) is 17.1 Å². The van der Waals surface area contributed by atoms with E-state index in [0.29, 0.717) is 11.5 Å². The number of anilines is 1. The summed E-state index contributed by atoms with van der Waals surface area (Å²) < 4.78 is 1.21. The smallest absolute Gasteiger partial charge is 0.267 e. The van der Waals surface area contributed by atoms with E-state index in [4.69, 9.17) is 0 Å². The van der Waals surface area contributed by atoms with E-state index in [1.54, 1.807) is 44.3 Å². The van der Waals surface area contributed by atoms with Gasteiger partial charge >= 0.3 is 0 Å². The van der Waals surface area contributed by atoms with E-state index in [0.717, 1.165) is 4.88 Å². The van der Waals surface area contributed by atoms with Crippen molar-refractivity contribution in [3.8, 4) is 10.6 Å². The molecule has 3 aromatic heterocycles. The van der Waals surface area contributed by atoms with Crippen LogP contribution in [0.4, 0.5) is 5.82 Å². The average Bonchev–Trinajstić information content (AvgIpc) is 3.10. The molecule has 0 bridgehead atoms. The maximum absolute atomic E-state index is 12.6. The summed E-state index contributed by atoms with van der Waals surface area (Å²) in [6, 6.07) is 12.1. The van der Waals surface area contributed by atoms with Crippen molar-refractivity contribution in [3.63, 3.8) is 0 Å². The molecular formula is C17H16N4O2S. The number of hydrogen-bond acceptors (Lipinski definition) is 5. The first-order chi connectivity index (χ1) is 11.5. The molecule has 0 saturated carbocycles. The number of carbonyl (C=O) groups is 1. The van der Waals surface area contributed by atoms with E-state index in [1.165, 1.54) is 22.1 Å². The van der Waals surface area contributed by atoms with Crippen LogP contribution < -0.4 is 10.9 Å². The molecule has 0 unspecified atom stereocenters. The molecule has 24 heavy (non-hydrogen) atoms. The summed E-state index contributed by atoms with van der Waals surface area (Å²) >= 11 is 1.52. The fourth-order valence-electron chi connectivity index (χ4n) is 2.17. The van der Waals surface area contributed by atoms with Gasteiger partial charge in [0.05, 0.1) is 4.88 Å². The Morgan fingerprint density at radius 1 is 1.17 bits per heavy atom. The normalized spacial score (nSPS) is 11.2. The van der Waals surface area contributed by atoms with E-state index in [2.05, 4.69) is 15.4 Å². The summed E-state index contributed by atoms with van der Waals surface area (Å²) in [6.45, 7) is 3.30. The number of pyridine rings is 1. The quantitative estimate of drug-likeness (QED) is 0.792. The molecule has 6 nitrogen and oxygen atoms in total. The maximum Gasteiger partial charge on any atom is 0.267 e. The Kier molecular flexibility index (Phi) is 4.26. The molecule has 0 atom stereocenters. The van der Waals surface area contributed by atoms with E-state index in [-0.39, 0.29) is 11.5 Å². The molecule has 3 aromatic rings. The van der Waals surface area contributed by atoms with Crippen molar-refractivity contribution >= 4 is 23.1 Å². The van der Waals surface area contributed by atoms with Gasteiger partial charge in [0.15, 0.2) is 0 Å². The van der Waals surface area contributed by atoms with Gasteiger partial charge in [-0.3, -0.25) is 9.59 Å². The number of amides is 1. The third kappa shape index (κ3) is 3.11. The van der Waals surface area contributed by atoms with Gasteiger partial charge in [-0.25, -0.2) is 9.67 Å². The van der Waals surface area contributed by atoms with Crippen LogP contribution in [-0.2, 0) is 10.3 Å². The highest BCUT2D eigenvalue weighted by Crippen LogP contribution is 2.23. The molecule has 1 N–H and O–H groups in total. The summed E-state index contributed by atoms with van der Waals surface area (Å²) in [5, 5.41) is 9.03. The molecule has 0 fully saturated rings. The summed E-state index contributed by atoms with van der Waals surface area (Å²) in [5.74, 6) is 0.0668. The standard InChI is InChI=1S/C17H16N4O2S/c1-17(2,16(23)19-14-7-3-4-10-18-14)21-15(22)9-8-12(20-21)13-6-5-11-24-13/h3-11H,1-2H3,(H,18,19,23). The molecule has 7 heteroatoms. The first-order valence-corrected chi connectivity index (χ1v) is 8.24. The molecule has 0 aliphatic carbocycles. The molecule has 0 saturated heterocycles. The minimum Gasteiger partial charge on any atom is -0.309 e. The number of hydrogen-bond donors (Lipinski definition) is 1. The molecular weight excluding hydrogens is 324 g/mol. The van der Waals surface area contributed by atoms with Crippen molar-refractivity contribution in [1.82, 2.24) is 14.8 Å². The summed E-state index contributed by atoms with van der Waals surface area (Å²) in [5.41, 5.74) is -0.846. The van der Waals surface area contributed by atoms with Crippen molar-refractivity contribution < 1.29 is 4.79 Å².